The number of amides is 3. The van der Waals surface area contributed by atoms with Crippen LogP contribution in [0.15, 0.2) is 0 Å². The van der Waals surface area contributed by atoms with Crippen molar-refractivity contribution in [2.75, 3.05) is 6.54 Å². The number of carbonyl (C=O) groups excluding carboxylic acids is 3. The molecule has 0 spiro atoms. The average Bonchev–Trinajstić information content (AvgIpc) is 2.60. The number of hydrazine groups is 1. The molecule has 2 saturated heterocycles. The molecule has 13 heavy (non-hydrogen) atoms. The van der Waals surface area contributed by atoms with Gasteiger partial charge in [0.05, 0.1) is 0 Å². The predicted molar refractivity (Wildman–Crippen MR) is 42.0 cm³/mol. The molecule has 0 aromatic rings. The predicted octanol–water partition coefficient (Wildman–Crippen LogP) is -0.327. The highest BCUT2D eigenvalue weighted by molar-refractivity contribution is 6.03. The van der Waals surface area contributed by atoms with Crippen LogP contribution in [0.5, 0.6) is 0 Å². The van der Waals surface area contributed by atoms with Gasteiger partial charge < -0.3 is 0 Å². The number of imide groups is 1. The van der Waals surface area contributed by atoms with E-state index in [1.165, 1.54) is 5.01 Å². The summed E-state index contributed by atoms with van der Waals surface area (Å²) in [4.78, 5) is 33.7. The molecule has 0 bridgehead atoms. The summed E-state index contributed by atoms with van der Waals surface area (Å²) in [6, 6.07) is 0. The summed E-state index contributed by atoms with van der Waals surface area (Å²) in [5, 5.41) is 2.28. The fourth-order valence-corrected chi connectivity index (χ4v) is 1.68. The van der Waals surface area contributed by atoms with Crippen LogP contribution in [-0.2, 0) is 14.4 Å². The van der Waals surface area contributed by atoms with Gasteiger partial charge >= 0.3 is 0 Å². The third-order valence-electron chi connectivity index (χ3n) is 2.32. The molecule has 0 aromatic carbocycles. The molecule has 2 rings (SSSR count). The minimum atomic E-state index is -0.250. The first-order valence-corrected chi connectivity index (χ1v) is 4.36. The van der Waals surface area contributed by atoms with Gasteiger partial charge in [0.1, 0.15) is 0 Å². The van der Waals surface area contributed by atoms with Crippen LogP contribution in [0.3, 0.4) is 0 Å². The van der Waals surface area contributed by atoms with Crippen LogP contribution in [0.4, 0.5) is 0 Å². The monoisotopic (exact) mass is 182 g/mol. The maximum absolute atomic E-state index is 11.2. The van der Waals surface area contributed by atoms with Gasteiger partial charge in [-0.2, -0.15) is 5.01 Å². The highest BCUT2D eigenvalue weighted by Crippen LogP contribution is 2.20. The molecular formula is C8H10N2O3. The van der Waals surface area contributed by atoms with Crippen LogP contribution in [0.2, 0.25) is 0 Å². The lowest BCUT2D eigenvalue weighted by molar-refractivity contribution is -0.164. The summed E-state index contributed by atoms with van der Waals surface area (Å²) < 4.78 is 0. The third kappa shape index (κ3) is 1.20. The Balaban J connectivity index is 2.19. The first-order valence-electron chi connectivity index (χ1n) is 4.36. The molecule has 0 saturated carbocycles. The van der Waals surface area contributed by atoms with E-state index in [0.29, 0.717) is 13.0 Å². The SMILES string of the molecule is O=C1CCCN1N1C(=O)CCC1=O. The van der Waals surface area contributed by atoms with Crippen molar-refractivity contribution >= 4 is 17.7 Å². The van der Waals surface area contributed by atoms with Crippen molar-refractivity contribution in [1.29, 1.82) is 0 Å². The normalized spacial score (nSPS) is 23.5. The van der Waals surface area contributed by atoms with E-state index in [0.717, 1.165) is 11.4 Å². The summed E-state index contributed by atoms with van der Waals surface area (Å²) >= 11 is 0. The lowest BCUT2D eigenvalue weighted by Crippen LogP contribution is -2.46. The average molecular weight is 182 g/mol. The molecule has 2 heterocycles. The maximum atomic E-state index is 11.2. The van der Waals surface area contributed by atoms with Crippen LogP contribution in [0.1, 0.15) is 25.7 Å². The Morgan fingerprint density at radius 2 is 1.46 bits per heavy atom. The Hall–Kier alpha value is -1.39. The fraction of sp³-hybridized carbons (Fsp3) is 0.625. The van der Waals surface area contributed by atoms with Gasteiger partial charge in [0.2, 0.25) is 17.7 Å². The molecule has 5 heteroatoms. The maximum Gasteiger partial charge on any atom is 0.248 e. The Kier molecular flexibility index (Phi) is 1.79. The van der Waals surface area contributed by atoms with Crippen molar-refractivity contribution in [2.45, 2.75) is 25.7 Å². The summed E-state index contributed by atoms with van der Waals surface area (Å²) in [6.07, 6.45) is 1.65. The molecule has 2 aliphatic heterocycles. The number of carbonyl (C=O) groups is 3. The zero-order chi connectivity index (χ0) is 9.42. The minimum absolute atomic E-state index is 0.122. The molecule has 0 N–H and O–H groups in total. The Morgan fingerprint density at radius 1 is 0.846 bits per heavy atom. The fourth-order valence-electron chi connectivity index (χ4n) is 1.68. The molecule has 0 aromatic heterocycles. The van der Waals surface area contributed by atoms with Gasteiger partial charge in [-0.25, -0.2) is 5.01 Å². The first kappa shape index (κ1) is 8.22. The largest absolute Gasteiger partial charge is 0.273 e. The molecule has 0 unspecified atom stereocenters. The molecule has 2 aliphatic rings. The lowest BCUT2D eigenvalue weighted by atomic mass is 10.4. The van der Waals surface area contributed by atoms with Crippen molar-refractivity contribution in [3.05, 3.63) is 0 Å². The number of hydrogen-bond donors (Lipinski definition) is 0. The van der Waals surface area contributed by atoms with E-state index < -0.39 is 0 Å². The Labute approximate surface area is 75.3 Å². The van der Waals surface area contributed by atoms with Crippen LogP contribution < -0.4 is 0 Å². The standard InChI is InChI=1S/C8H10N2O3/c11-6-2-1-5-9(6)10-7(12)3-4-8(10)13/h1-5H2. The van der Waals surface area contributed by atoms with E-state index in [2.05, 4.69) is 0 Å². The van der Waals surface area contributed by atoms with E-state index >= 15 is 0 Å². The second-order valence-electron chi connectivity index (χ2n) is 3.22. The van der Waals surface area contributed by atoms with Gasteiger partial charge in [0.15, 0.2) is 0 Å². The van der Waals surface area contributed by atoms with E-state index in [4.69, 9.17) is 0 Å². The molecule has 70 valence electrons. The quantitative estimate of drug-likeness (QED) is 0.522. The number of nitrogens with zero attached hydrogens (tertiary/aromatic N) is 2. The topological polar surface area (TPSA) is 57.7 Å². The van der Waals surface area contributed by atoms with Gasteiger partial charge in [-0.05, 0) is 6.42 Å². The second kappa shape index (κ2) is 2.83. The molecule has 0 atom stereocenters. The van der Waals surface area contributed by atoms with E-state index in [-0.39, 0.29) is 30.6 Å². The summed E-state index contributed by atoms with van der Waals surface area (Å²) in [6.45, 7) is 0.496. The van der Waals surface area contributed by atoms with Gasteiger partial charge in [0.25, 0.3) is 0 Å². The summed E-state index contributed by atoms with van der Waals surface area (Å²) in [5.74, 6) is -0.621. The van der Waals surface area contributed by atoms with Crippen molar-refractivity contribution in [3.63, 3.8) is 0 Å². The highest BCUT2D eigenvalue weighted by Gasteiger charge is 2.38. The van der Waals surface area contributed by atoms with Gasteiger partial charge in [-0.1, -0.05) is 0 Å². The summed E-state index contributed by atoms with van der Waals surface area (Å²) in [7, 11) is 0. The van der Waals surface area contributed by atoms with Crippen molar-refractivity contribution in [1.82, 2.24) is 10.0 Å². The van der Waals surface area contributed by atoms with Crippen LogP contribution >= 0.6 is 0 Å². The van der Waals surface area contributed by atoms with E-state index in [1.807, 2.05) is 0 Å². The van der Waals surface area contributed by atoms with Crippen LogP contribution in [-0.4, -0.2) is 34.3 Å². The van der Waals surface area contributed by atoms with Crippen LogP contribution in [0, 0.1) is 0 Å². The van der Waals surface area contributed by atoms with Crippen molar-refractivity contribution in [3.8, 4) is 0 Å². The third-order valence-corrected chi connectivity index (χ3v) is 2.32. The highest BCUT2D eigenvalue weighted by atomic mass is 16.2. The molecule has 3 amide bonds. The van der Waals surface area contributed by atoms with Crippen molar-refractivity contribution in [2.24, 2.45) is 0 Å². The summed E-state index contributed by atoms with van der Waals surface area (Å²) in [5.41, 5.74) is 0. The minimum Gasteiger partial charge on any atom is -0.273 e. The Bertz CT molecular complexity index is 271. The molecule has 0 aliphatic carbocycles. The van der Waals surface area contributed by atoms with Crippen molar-refractivity contribution < 1.29 is 14.4 Å². The molecule has 2 fully saturated rings. The van der Waals surface area contributed by atoms with E-state index in [9.17, 15) is 14.4 Å². The number of rotatable bonds is 1. The zero-order valence-corrected chi connectivity index (χ0v) is 7.15. The smallest absolute Gasteiger partial charge is 0.248 e. The second-order valence-corrected chi connectivity index (χ2v) is 3.22. The van der Waals surface area contributed by atoms with Gasteiger partial charge in [-0.15, -0.1) is 0 Å². The van der Waals surface area contributed by atoms with Gasteiger partial charge in [-0.3, -0.25) is 14.4 Å². The molecular weight excluding hydrogens is 172 g/mol. The van der Waals surface area contributed by atoms with Crippen LogP contribution in [0.25, 0.3) is 0 Å². The zero-order valence-electron chi connectivity index (χ0n) is 7.15. The molecule has 5 nitrogen and oxygen atoms in total. The lowest BCUT2D eigenvalue weighted by Gasteiger charge is -2.24. The Morgan fingerprint density at radius 3 is 1.92 bits per heavy atom. The number of hydrogen-bond acceptors (Lipinski definition) is 3. The van der Waals surface area contributed by atoms with E-state index in [1.54, 1.807) is 0 Å². The molecule has 0 radical (unpaired) electrons. The first-order chi connectivity index (χ1) is 6.20. The van der Waals surface area contributed by atoms with Gasteiger partial charge in [0, 0.05) is 25.8 Å².